The molecule has 2 atom stereocenters. The van der Waals surface area contributed by atoms with Crippen LogP contribution in [0.5, 0.6) is 0 Å². The van der Waals surface area contributed by atoms with Crippen LogP contribution in [-0.2, 0) is 6.54 Å². The van der Waals surface area contributed by atoms with Crippen LogP contribution in [-0.4, -0.2) is 17.8 Å². The minimum Gasteiger partial charge on any atom is -0.468 e. The number of hydrogen-bond donors (Lipinski definition) is 2. The van der Waals surface area contributed by atoms with Gasteiger partial charge in [-0.3, -0.25) is 0 Å². The third kappa shape index (κ3) is 3.36. The lowest BCUT2D eigenvalue weighted by Gasteiger charge is -2.21. The Labute approximate surface area is 91.5 Å². The van der Waals surface area contributed by atoms with E-state index in [4.69, 9.17) is 4.42 Å². The lowest BCUT2D eigenvalue weighted by molar-refractivity contribution is 0.198. The number of aliphatic hydroxyl groups excluding tert-OH is 1. The topological polar surface area (TPSA) is 45.4 Å². The van der Waals surface area contributed by atoms with Crippen LogP contribution in [0.2, 0.25) is 0 Å². The molecule has 2 N–H and O–H groups in total. The molecule has 0 saturated heterocycles. The third-order valence-electron chi connectivity index (χ3n) is 3.02. The van der Waals surface area contributed by atoms with Crippen LogP contribution < -0.4 is 5.32 Å². The van der Waals surface area contributed by atoms with Gasteiger partial charge in [0.15, 0.2) is 0 Å². The van der Waals surface area contributed by atoms with Crippen molar-refractivity contribution in [2.75, 3.05) is 6.61 Å². The normalized spacial score (nSPS) is 15.2. The van der Waals surface area contributed by atoms with Gasteiger partial charge in [0.25, 0.3) is 0 Å². The van der Waals surface area contributed by atoms with Crippen LogP contribution in [0.1, 0.15) is 31.6 Å². The maximum absolute atomic E-state index is 9.23. The first-order chi connectivity index (χ1) is 7.19. The Bertz CT molecular complexity index is 283. The molecule has 1 rings (SSSR count). The number of aliphatic hydroxyl groups is 1. The van der Waals surface area contributed by atoms with Crippen molar-refractivity contribution in [3.63, 3.8) is 0 Å². The van der Waals surface area contributed by atoms with E-state index in [1.54, 1.807) is 6.26 Å². The molecular formula is C12H21NO2. The van der Waals surface area contributed by atoms with Gasteiger partial charge in [0, 0.05) is 6.04 Å². The summed E-state index contributed by atoms with van der Waals surface area (Å²) in [6.07, 6.45) is 2.76. The standard InChI is InChI=1S/C12H21NO2/c1-4-9(2)11(8-14)13-7-12-10(3)5-6-15-12/h5-6,9,11,13-14H,4,7-8H2,1-3H3. The molecule has 0 aliphatic carbocycles. The van der Waals surface area contributed by atoms with Crippen molar-refractivity contribution in [2.45, 2.75) is 39.8 Å². The van der Waals surface area contributed by atoms with Crippen molar-refractivity contribution in [3.05, 3.63) is 23.7 Å². The van der Waals surface area contributed by atoms with Crippen LogP contribution in [0, 0.1) is 12.8 Å². The van der Waals surface area contributed by atoms with Crippen LogP contribution in [0.25, 0.3) is 0 Å². The molecule has 1 aromatic rings. The molecule has 0 spiro atoms. The highest BCUT2D eigenvalue weighted by atomic mass is 16.3. The highest BCUT2D eigenvalue weighted by Crippen LogP contribution is 2.11. The fraction of sp³-hybridized carbons (Fsp3) is 0.667. The number of aryl methyl sites for hydroxylation is 1. The van der Waals surface area contributed by atoms with Gasteiger partial charge in [-0.1, -0.05) is 20.3 Å². The van der Waals surface area contributed by atoms with E-state index in [1.165, 1.54) is 0 Å². The smallest absolute Gasteiger partial charge is 0.120 e. The van der Waals surface area contributed by atoms with Crippen molar-refractivity contribution < 1.29 is 9.52 Å². The van der Waals surface area contributed by atoms with E-state index in [9.17, 15) is 5.11 Å². The molecule has 0 saturated carbocycles. The second-order valence-electron chi connectivity index (χ2n) is 4.08. The monoisotopic (exact) mass is 211 g/mol. The van der Waals surface area contributed by atoms with E-state index in [0.29, 0.717) is 12.5 Å². The maximum atomic E-state index is 9.23. The Kier molecular flexibility index (Phi) is 4.85. The first-order valence-electron chi connectivity index (χ1n) is 5.56. The van der Waals surface area contributed by atoms with Gasteiger partial charge in [0.2, 0.25) is 0 Å². The van der Waals surface area contributed by atoms with E-state index < -0.39 is 0 Å². The molecule has 0 bridgehead atoms. The van der Waals surface area contributed by atoms with Crippen LogP contribution >= 0.6 is 0 Å². The fourth-order valence-electron chi connectivity index (χ4n) is 1.54. The van der Waals surface area contributed by atoms with Crippen molar-refractivity contribution in [1.29, 1.82) is 0 Å². The molecule has 0 amide bonds. The lowest BCUT2D eigenvalue weighted by Crippen LogP contribution is -2.37. The second kappa shape index (κ2) is 5.93. The summed E-state index contributed by atoms with van der Waals surface area (Å²) in [5.74, 6) is 1.43. The van der Waals surface area contributed by atoms with Gasteiger partial charge in [-0.2, -0.15) is 0 Å². The number of furan rings is 1. The summed E-state index contributed by atoms with van der Waals surface area (Å²) in [6.45, 7) is 7.16. The van der Waals surface area contributed by atoms with Crippen molar-refractivity contribution in [2.24, 2.45) is 5.92 Å². The van der Waals surface area contributed by atoms with Gasteiger partial charge in [-0.25, -0.2) is 0 Å². The molecule has 86 valence electrons. The van der Waals surface area contributed by atoms with E-state index in [0.717, 1.165) is 17.7 Å². The highest BCUT2D eigenvalue weighted by molar-refractivity contribution is 5.14. The predicted molar refractivity (Wildman–Crippen MR) is 60.6 cm³/mol. The van der Waals surface area contributed by atoms with Gasteiger partial charge in [-0.05, 0) is 24.5 Å². The van der Waals surface area contributed by atoms with Crippen LogP contribution in [0.4, 0.5) is 0 Å². The molecule has 0 fully saturated rings. The summed E-state index contributed by atoms with van der Waals surface area (Å²) < 4.78 is 5.33. The first kappa shape index (κ1) is 12.3. The zero-order valence-electron chi connectivity index (χ0n) is 9.79. The van der Waals surface area contributed by atoms with Crippen molar-refractivity contribution in [3.8, 4) is 0 Å². The quantitative estimate of drug-likeness (QED) is 0.757. The zero-order chi connectivity index (χ0) is 11.3. The van der Waals surface area contributed by atoms with Gasteiger partial charge in [0.1, 0.15) is 5.76 Å². The molecule has 3 heteroatoms. The molecule has 0 aromatic carbocycles. The van der Waals surface area contributed by atoms with Crippen molar-refractivity contribution >= 4 is 0 Å². The highest BCUT2D eigenvalue weighted by Gasteiger charge is 2.14. The summed E-state index contributed by atoms with van der Waals surface area (Å²) in [7, 11) is 0. The summed E-state index contributed by atoms with van der Waals surface area (Å²) in [5, 5.41) is 12.6. The van der Waals surface area contributed by atoms with Gasteiger partial charge < -0.3 is 14.8 Å². The summed E-state index contributed by atoms with van der Waals surface area (Å²) in [6, 6.07) is 2.10. The largest absolute Gasteiger partial charge is 0.468 e. The van der Waals surface area contributed by atoms with Crippen LogP contribution in [0.15, 0.2) is 16.7 Å². The molecule has 0 radical (unpaired) electrons. The Hall–Kier alpha value is -0.800. The average molecular weight is 211 g/mol. The van der Waals surface area contributed by atoms with Crippen LogP contribution in [0.3, 0.4) is 0 Å². The minimum atomic E-state index is 0.152. The maximum Gasteiger partial charge on any atom is 0.120 e. The first-order valence-corrected chi connectivity index (χ1v) is 5.56. The Morgan fingerprint density at radius 2 is 2.27 bits per heavy atom. The molecule has 0 aliphatic heterocycles. The molecule has 1 aromatic heterocycles. The summed E-state index contributed by atoms with van der Waals surface area (Å²) in [5.41, 5.74) is 1.16. The van der Waals surface area contributed by atoms with Crippen molar-refractivity contribution in [1.82, 2.24) is 5.32 Å². The summed E-state index contributed by atoms with van der Waals surface area (Å²) >= 11 is 0. The van der Waals surface area contributed by atoms with Gasteiger partial charge >= 0.3 is 0 Å². The Morgan fingerprint density at radius 1 is 1.53 bits per heavy atom. The van der Waals surface area contributed by atoms with E-state index in [1.807, 2.05) is 13.0 Å². The number of hydrogen-bond acceptors (Lipinski definition) is 3. The second-order valence-corrected chi connectivity index (χ2v) is 4.08. The zero-order valence-corrected chi connectivity index (χ0v) is 9.79. The third-order valence-corrected chi connectivity index (χ3v) is 3.02. The molecular weight excluding hydrogens is 190 g/mol. The molecule has 15 heavy (non-hydrogen) atoms. The van der Waals surface area contributed by atoms with E-state index in [2.05, 4.69) is 19.2 Å². The van der Waals surface area contributed by atoms with E-state index in [-0.39, 0.29) is 12.6 Å². The average Bonchev–Trinajstić information content (AvgIpc) is 2.65. The molecule has 1 heterocycles. The Morgan fingerprint density at radius 3 is 2.73 bits per heavy atom. The molecule has 3 nitrogen and oxygen atoms in total. The number of nitrogens with one attached hydrogen (secondary N) is 1. The summed E-state index contributed by atoms with van der Waals surface area (Å²) in [4.78, 5) is 0. The van der Waals surface area contributed by atoms with Gasteiger partial charge in [-0.15, -0.1) is 0 Å². The number of rotatable bonds is 6. The lowest BCUT2D eigenvalue weighted by atomic mass is 10.00. The predicted octanol–water partition coefficient (Wildman–Crippen LogP) is 2.08. The van der Waals surface area contributed by atoms with E-state index >= 15 is 0 Å². The SMILES string of the molecule is CCC(C)C(CO)NCc1occc1C. The van der Waals surface area contributed by atoms with Gasteiger partial charge in [0.05, 0.1) is 19.4 Å². The Balaban J connectivity index is 2.44. The molecule has 2 unspecified atom stereocenters. The minimum absolute atomic E-state index is 0.152. The fourth-order valence-corrected chi connectivity index (χ4v) is 1.54. The molecule has 0 aliphatic rings.